The van der Waals surface area contributed by atoms with Gasteiger partial charge in [-0.1, -0.05) is 12.1 Å². The molecule has 1 aliphatic heterocycles. The van der Waals surface area contributed by atoms with Gasteiger partial charge >= 0.3 is 0 Å². The molecule has 0 radical (unpaired) electrons. The number of rotatable bonds is 7. The number of nitrogens with one attached hydrogen (secondary N) is 1. The van der Waals surface area contributed by atoms with Crippen LogP contribution >= 0.6 is 0 Å². The maximum Gasteiger partial charge on any atom is 0.163 e. The number of hydrogen-bond acceptors (Lipinski definition) is 3. The van der Waals surface area contributed by atoms with E-state index in [1.54, 1.807) is 11.8 Å². The number of unbranched alkanes of at least 4 members (excludes halogenated alkanes) is 1. The molecule has 0 aliphatic carbocycles. The van der Waals surface area contributed by atoms with Gasteiger partial charge in [-0.25, -0.2) is 0 Å². The minimum absolute atomic E-state index is 0.0522. The molecule has 4 heteroatoms. The van der Waals surface area contributed by atoms with Crippen molar-refractivity contribution in [2.45, 2.75) is 45.8 Å². The highest BCUT2D eigenvalue weighted by Gasteiger charge is 2.24. The molecule has 1 heterocycles. The molecule has 1 fully saturated rings. The second-order valence-electron chi connectivity index (χ2n) is 6.27. The Kier molecular flexibility index (Phi) is 6.40. The molecule has 0 spiro atoms. The number of benzene rings is 1. The summed E-state index contributed by atoms with van der Waals surface area (Å²) >= 11 is 0. The SMILES string of the molecule is CC(=O)c1ccccc1OCCCC[NH+]1C[C@H](C)O[C@@H](C)C1. The minimum Gasteiger partial charge on any atom is -0.493 e. The van der Waals surface area contributed by atoms with Gasteiger partial charge in [-0.15, -0.1) is 0 Å². The zero-order chi connectivity index (χ0) is 15.9. The van der Waals surface area contributed by atoms with Crippen molar-refractivity contribution in [1.82, 2.24) is 0 Å². The molecule has 0 amide bonds. The first-order valence-electron chi connectivity index (χ1n) is 8.28. The summed E-state index contributed by atoms with van der Waals surface area (Å²) in [6, 6.07) is 7.46. The number of morpholine rings is 1. The Bertz CT molecular complexity index is 479. The van der Waals surface area contributed by atoms with Crippen molar-refractivity contribution in [1.29, 1.82) is 0 Å². The number of ether oxygens (including phenoxy) is 2. The summed E-state index contributed by atoms with van der Waals surface area (Å²) in [5, 5.41) is 0. The molecule has 0 bridgehead atoms. The molecule has 2 rings (SSSR count). The van der Waals surface area contributed by atoms with Crippen molar-refractivity contribution in [2.24, 2.45) is 0 Å². The molecule has 1 aromatic carbocycles. The second kappa shape index (κ2) is 8.30. The lowest BCUT2D eigenvalue weighted by Gasteiger charge is -2.32. The standard InChI is InChI=1S/C18H27NO3/c1-14-12-19(13-15(2)22-14)10-6-7-11-21-18-9-5-4-8-17(18)16(3)20/h4-5,8-9,14-15H,6-7,10-13H2,1-3H3/p+1/t14-,15-/m0/s1. The van der Waals surface area contributed by atoms with Gasteiger partial charge in [0.15, 0.2) is 5.78 Å². The van der Waals surface area contributed by atoms with E-state index in [1.165, 1.54) is 0 Å². The molecule has 1 aromatic rings. The Morgan fingerprint density at radius 1 is 1.23 bits per heavy atom. The summed E-state index contributed by atoms with van der Waals surface area (Å²) in [5.41, 5.74) is 0.670. The van der Waals surface area contributed by atoms with Crippen LogP contribution in [0.2, 0.25) is 0 Å². The van der Waals surface area contributed by atoms with Gasteiger partial charge in [-0.2, -0.15) is 0 Å². The van der Waals surface area contributed by atoms with Crippen LogP contribution in [0.25, 0.3) is 0 Å². The maximum atomic E-state index is 11.5. The Hall–Kier alpha value is -1.39. The first-order chi connectivity index (χ1) is 10.6. The first-order valence-corrected chi connectivity index (χ1v) is 8.28. The highest BCUT2D eigenvalue weighted by Crippen LogP contribution is 2.18. The fourth-order valence-corrected chi connectivity index (χ4v) is 3.14. The predicted octanol–water partition coefficient (Wildman–Crippen LogP) is 1.74. The van der Waals surface area contributed by atoms with Gasteiger partial charge in [-0.05, 0) is 45.7 Å². The quantitative estimate of drug-likeness (QED) is 0.616. The molecular weight excluding hydrogens is 278 g/mol. The third kappa shape index (κ3) is 5.11. The number of para-hydroxylation sites is 1. The lowest BCUT2D eigenvalue weighted by atomic mass is 10.1. The molecule has 4 nitrogen and oxygen atoms in total. The van der Waals surface area contributed by atoms with Crippen molar-refractivity contribution in [3.05, 3.63) is 29.8 Å². The molecule has 0 unspecified atom stereocenters. The highest BCUT2D eigenvalue weighted by molar-refractivity contribution is 5.96. The zero-order valence-corrected chi connectivity index (χ0v) is 13.9. The van der Waals surface area contributed by atoms with E-state index in [4.69, 9.17) is 9.47 Å². The van der Waals surface area contributed by atoms with Crippen LogP contribution in [0.4, 0.5) is 0 Å². The summed E-state index contributed by atoms with van der Waals surface area (Å²) in [4.78, 5) is 13.1. The van der Waals surface area contributed by atoms with Crippen molar-refractivity contribution in [3.63, 3.8) is 0 Å². The van der Waals surface area contributed by atoms with Crippen LogP contribution in [-0.2, 0) is 4.74 Å². The van der Waals surface area contributed by atoms with E-state index in [0.29, 0.717) is 30.1 Å². The minimum atomic E-state index is 0.0522. The van der Waals surface area contributed by atoms with Crippen LogP contribution in [0.3, 0.4) is 0 Å². The van der Waals surface area contributed by atoms with E-state index >= 15 is 0 Å². The Morgan fingerprint density at radius 3 is 2.59 bits per heavy atom. The zero-order valence-electron chi connectivity index (χ0n) is 13.9. The van der Waals surface area contributed by atoms with Gasteiger partial charge < -0.3 is 14.4 Å². The average Bonchev–Trinajstić information content (AvgIpc) is 2.46. The Labute approximate surface area is 133 Å². The molecule has 0 saturated carbocycles. The molecule has 122 valence electrons. The van der Waals surface area contributed by atoms with E-state index in [2.05, 4.69) is 13.8 Å². The largest absolute Gasteiger partial charge is 0.493 e. The van der Waals surface area contributed by atoms with E-state index in [0.717, 1.165) is 32.5 Å². The van der Waals surface area contributed by atoms with Crippen LogP contribution in [0.15, 0.2) is 24.3 Å². The fraction of sp³-hybridized carbons (Fsp3) is 0.611. The molecule has 1 aliphatic rings. The van der Waals surface area contributed by atoms with Crippen molar-refractivity contribution < 1.29 is 19.2 Å². The van der Waals surface area contributed by atoms with Gasteiger partial charge in [0, 0.05) is 0 Å². The van der Waals surface area contributed by atoms with Gasteiger partial charge in [0.2, 0.25) is 0 Å². The monoisotopic (exact) mass is 306 g/mol. The van der Waals surface area contributed by atoms with Crippen molar-refractivity contribution in [3.8, 4) is 5.75 Å². The number of quaternary nitrogens is 1. The lowest BCUT2D eigenvalue weighted by molar-refractivity contribution is -0.915. The average molecular weight is 306 g/mol. The van der Waals surface area contributed by atoms with Gasteiger partial charge in [0.25, 0.3) is 0 Å². The van der Waals surface area contributed by atoms with E-state index < -0.39 is 0 Å². The summed E-state index contributed by atoms with van der Waals surface area (Å²) in [7, 11) is 0. The van der Waals surface area contributed by atoms with Crippen molar-refractivity contribution >= 4 is 5.78 Å². The lowest BCUT2D eigenvalue weighted by Crippen LogP contribution is -3.15. The number of hydrogen-bond donors (Lipinski definition) is 1. The number of ketones is 1. The summed E-state index contributed by atoms with van der Waals surface area (Å²) in [6.07, 6.45) is 2.87. The number of Topliss-reactive ketones (excluding diaryl/α,β-unsaturated/α-hetero) is 1. The molecular formula is C18H28NO3+. The van der Waals surface area contributed by atoms with Crippen LogP contribution in [0.5, 0.6) is 5.75 Å². The smallest absolute Gasteiger partial charge is 0.163 e. The summed E-state index contributed by atoms with van der Waals surface area (Å²) in [5.74, 6) is 0.757. The molecule has 1 N–H and O–H groups in total. The van der Waals surface area contributed by atoms with Crippen LogP contribution in [0, 0.1) is 0 Å². The molecule has 2 atom stereocenters. The maximum absolute atomic E-state index is 11.5. The predicted molar refractivity (Wildman–Crippen MR) is 86.7 cm³/mol. The summed E-state index contributed by atoms with van der Waals surface area (Å²) < 4.78 is 11.5. The topological polar surface area (TPSA) is 40.0 Å². The molecule has 22 heavy (non-hydrogen) atoms. The highest BCUT2D eigenvalue weighted by atomic mass is 16.5. The third-order valence-electron chi connectivity index (χ3n) is 4.07. The van der Waals surface area contributed by atoms with Gasteiger partial charge in [0.05, 0.1) is 18.7 Å². The fourth-order valence-electron chi connectivity index (χ4n) is 3.14. The molecule has 1 saturated heterocycles. The third-order valence-corrected chi connectivity index (χ3v) is 4.07. The van der Waals surface area contributed by atoms with E-state index in [-0.39, 0.29) is 5.78 Å². The van der Waals surface area contributed by atoms with Crippen LogP contribution in [-0.4, -0.2) is 44.2 Å². The van der Waals surface area contributed by atoms with Gasteiger partial charge in [-0.3, -0.25) is 4.79 Å². The summed E-state index contributed by atoms with van der Waals surface area (Å²) in [6.45, 7) is 9.90. The van der Waals surface area contributed by atoms with Crippen LogP contribution < -0.4 is 9.64 Å². The normalized spacial score (nSPS) is 25.0. The van der Waals surface area contributed by atoms with E-state index in [1.807, 2.05) is 24.3 Å². The van der Waals surface area contributed by atoms with Gasteiger partial charge in [0.1, 0.15) is 31.0 Å². The van der Waals surface area contributed by atoms with E-state index in [9.17, 15) is 4.79 Å². The van der Waals surface area contributed by atoms with Crippen molar-refractivity contribution in [2.75, 3.05) is 26.2 Å². The number of carbonyl (C=O) groups excluding carboxylic acids is 1. The Morgan fingerprint density at radius 2 is 1.91 bits per heavy atom. The number of carbonyl (C=O) groups is 1. The Balaban J connectivity index is 1.68. The first kappa shape index (κ1) is 17.0. The second-order valence-corrected chi connectivity index (χ2v) is 6.27. The van der Waals surface area contributed by atoms with Crippen LogP contribution in [0.1, 0.15) is 44.0 Å². The molecule has 0 aromatic heterocycles.